The molecule has 2 nitrogen and oxygen atoms in total. The van der Waals surface area contributed by atoms with E-state index in [2.05, 4.69) is 0 Å². The average Bonchev–Trinajstić information content (AvgIpc) is 1.62. The highest BCUT2D eigenvalue weighted by Crippen LogP contribution is 2.22. The van der Waals surface area contributed by atoms with Gasteiger partial charge in [0.25, 0.3) is 0 Å². The largest absolute Gasteiger partial charge is 0.608 e. The Kier molecular flexibility index (Phi) is 2.58. The molecule has 1 atom stereocenters. The summed E-state index contributed by atoms with van der Waals surface area (Å²) < 4.78 is 42.7. The van der Waals surface area contributed by atoms with Crippen molar-refractivity contribution in [2.45, 2.75) is 5.51 Å². The molecule has 0 aromatic carbocycles. The molecule has 0 aromatic rings. The van der Waals surface area contributed by atoms with Crippen molar-refractivity contribution in [3.63, 3.8) is 0 Å². The Morgan fingerprint density at radius 2 is 1.88 bits per heavy atom. The SMILES string of the molecule is [NH]C[S+]([O-])C(F)(F)F. The van der Waals surface area contributed by atoms with Gasteiger partial charge in [-0.25, -0.2) is 5.73 Å². The van der Waals surface area contributed by atoms with Crippen LogP contribution in [-0.2, 0) is 11.2 Å². The fourth-order valence-electron chi connectivity index (χ4n) is 0.0818. The first-order valence-corrected chi connectivity index (χ1v) is 2.90. The van der Waals surface area contributed by atoms with Gasteiger partial charge in [-0.05, 0) is 0 Å². The Balaban J connectivity index is 3.62. The summed E-state index contributed by atoms with van der Waals surface area (Å²) in [6.07, 6.45) is 0. The summed E-state index contributed by atoms with van der Waals surface area (Å²) >= 11 is -2.98. The molecule has 1 radical (unpaired) electrons. The zero-order chi connectivity index (χ0) is 6.78. The van der Waals surface area contributed by atoms with Gasteiger partial charge in [0, 0.05) is 0 Å². The van der Waals surface area contributed by atoms with E-state index >= 15 is 0 Å². The number of hydrogen-bond acceptors (Lipinski definition) is 1. The molecular formula is C2H3F3NOS. The average molecular weight is 146 g/mol. The lowest BCUT2D eigenvalue weighted by Gasteiger charge is -2.08. The monoisotopic (exact) mass is 146 g/mol. The van der Waals surface area contributed by atoms with Crippen molar-refractivity contribution in [1.29, 1.82) is 0 Å². The van der Waals surface area contributed by atoms with Crippen LogP contribution in [0.25, 0.3) is 0 Å². The fraction of sp³-hybridized carbons (Fsp3) is 1.00. The van der Waals surface area contributed by atoms with E-state index in [0.29, 0.717) is 0 Å². The van der Waals surface area contributed by atoms with E-state index in [1.54, 1.807) is 0 Å². The summed E-state index contributed by atoms with van der Waals surface area (Å²) in [5, 5.41) is 0. The lowest BCUT2D eigenvalue weighted by molar-refractivity contribution is -0.0434. The molecule has 0 amide bonds. The topological polar surface area (TPSA) is 46.9 Å². The molecule has 0 aliphatic carbocycles. The summed E-state index contributed by atoms with van der Waals surface area (Å²) in [6.45, 7) is 0. The van der Waals surface area contributed by atoms with E-state index in [0.717, 1.165) is 0 Å². The van der Waals surface area contributed by atoms with Crippen LogP contribution in [-0.4, -0.2) is 15.9 Å². The Morgan fingerprint density at radius 1 is 1.50 bits per heavy atom. The number of rotatable bonds is 1. The second-order valence-electron chi connectivity index (χ2n) is 0.936. The molecule has 0 saturated heterocycles. The molecule has 0 bridgehead atoms. The first kappa shape index (κ1) is 8.06. The van der Waals surface area contributed by atoms with E-state index in [4.69, 9.17) is 5.73 Å². The van der Waals surface area contributed by atoms with E-state index in [1.165, 1.54) is 0 Å². The molecule has 0 aromatic heterocycles. The minimum atomic E-state index is -4.71. The summed E-state index contributed by atoms with van der Waals surface area (Å²) in [6, 6.07) is 0. The van der Waals surface area contributed by atoms with Crippen molar-refractivity contribution < 1.29 is 17.7 Å². The number of halogens is 3. The highest BCUT2D eigenvalue weighted by Gasteiger charge is 2.43. The van der Waals surface area contributed by atoms with E-state index in [9.17, 15) is 17.7 Å². The van der Waals surface area contributed by atoms with Crippen LogP contribution in [0.15, 0.2) is 0 Å². The Bertz CT molecular complexity index is 74.2. The fourth-order valence-corrected chi connectivity index (χ4v) is 0.245. The third-order valence-corrected chi connectivity index (χ3v) is 1.17. The summed E-state index contributed by atoms with van der Waals surface area (Å²) in [7, 11) is 0. The summed E-state index contributed by atoms with van der Waals surface area (Å²) in [4.78, 5) is 0. The molecule has 1 unspecified atom stereocenters. The standard InChI is InChI=1S/C2H3F3NOS/c3-2(4,5)8(7)1-6/h6H,1H2. The zero-order valence-electron chi connectivity index (χ0n) is 3.66. The van der Waals surface area contributed by atoms with Crippen molar-refractivity contribution >= 4 is 11.2 Å². The second kappa shape index (κ2) is 2.56. The van der Waals surface area contributed by atoms with Crippen LogP contribution in [0.4, 0.5) is 13.2 Å². The first-order valence-electron chi connectivity index (χ1n) is 1.58. The van der Waals surface area contributed by atoms with Gasteiger partial charge in [-0.15, -0.1) is 13.2 Å². The van der Waals surface area contributed by atoms with Crippen molar-refractivity contribution in [3.8, 4) is 0 Å². The predicted octanol–water partition coefficient (Wildman–Crippen LogP) is 0.495. The second-order valence-corrected chi connectivity index (χ2v) is 2.38. The van der Waals surface area contributed by atoms with Crippen LogP contribution in [0.3, 0.4) is 0 Å². The maximum atomic E-state index is 11.0. The van der Waals surface area contributed by atoms with Gasteiger partial charge in [-0.3, -0.25) is 0 Å². The molecule has 6 heteroatoms. The highest BCUT2D eigenvalue weighted by molar-refractivity contribution is 7.92. The Labute approximate surface area is 47.0 Å². The molecular weight excluding hydrogens is 143 g/mol. The van der Waals surface area contributed by atoms with Crippen molar-refractivity contribution in [3.05, 3.63) is 0 Å². The molecule has 8 heavy (non-hydrogen) atoms. The van der Waals surface area contributed by atoms with E-state index in [-0.39, 0.29) is 0 Å². The van der Waals surface area contributed by atoms with Crippen LogP contribution in [0.1, 0.15) is 0 Å². The maximum absolute atomic E-state index is 11.0. The van der Waals surface area contributed by atoms with Crippen molar-refractivity contribution in [1.82, 2.24) is 5.73 Å². The van der Waals surface area contributed by atoms with E-state index in [1.807, 2.05) is 0 Å². The molecule has 0 saturated carbocycles. The molecule has 0 spiro atoms. The quantitative estimate of drug-likeness (QED) is 0.497. The molecule has 49 valence electrons. The molecule has 0 aliphatic rings. The first-order chi connectivity index (χ1) is 3.48. The Morgan fingerprint density at radius 3 is 1.88 bits per heavy atom. The third kappa shape index (κ3) is 2.39. The van der Waals surface area contributed by atoms with Gasteiger partial charge < -0.3 is 4.55 Å². The highest BCUT2D eigenvalue weighted by atomic mass is 32.2. The van der Waals surface area contributed by atoms with Crippen molar-refractivity contribution in [2.75, 3.05) is 5.88 Å². The summed E-state index contributed by atoms with van der Waals surface area (Å²) in [5.74, 6) is -1.11. The minimum absolute atomic E-state index is 1.11. The number of hydrogen-bond donors (Lipinski definition) is 0. The van der Waals surface area contributed by atoms with E-state index < -0.39 is 22.6 Å². The van der Waals surface area contributed by atoms with Gasteiger partial charge in [0.15, 0.2) is 5.88 Å². The van der Waals surface area contributed by atoms with Gasteiger partial charge in [0.2, 0.25) is 0 Å². The smallest absolute Gasteiger partial charge is 0.573 e. The van der Waals surface area contributed by atoms with Gasteiger partial charge in [0.1, 0.15) is 0 Å². The van der Waals surface area contributed by atoms with Gasteiger partial charge in [-0.1, -0.05) is 0 Å². The van der Waals surface area contributed by atoms with Gasteiger partial charge >= 0.3 is 5.51 Å². The molecule has 1 N–H and O–H groups in total. The lowest BCUT2D eigenvalue weighted by atomic mass is 11.5. The van der Waals surface area contributed by atoms with Gasteiger partial charge in [-0.2, -0.15) is 0 Å². The Hall–Kier alpha value is 0.0600. The third-order valence-electron chi connectivity index (χ3n) is 0.389. The maximum Gasteiger partial charge on any atom is 0.573 e. The lowest BCUT2D eigenvalue weighted by Crippen LogP contribution is -2.26. The molecule has 0 fully saturated rings. The number of alkyl halides is 3. The van der Waals surface area contributed by atoms with Crippen LogP contribution in [0.2, 0.25) is 0 Å². The van der Waals surface area contributed by atoms with Gasteiger partial charge in [0.05, 0.1) is 11.2 Å². The molecule has 0 heterocycles. The van der Waals surface area contributed by atoms with Crippen LogP contribution < -0.4 is 5.73 Å². The number of nitrogens with one attached hydrogen (secondary N) is 1. The summed E-state index contributed by atoms with van der Waals surface area (Å²) in [5.41, 5.74) is 1.34. The van der Waals surface area contributed by atoms with Crippen molar-refractivity contribution in [2.24, 2.45) is 0 Å². The molecule has 0 aliphatic heterocycles. The van der Waals surface area contributed by atoms with Crippen LogP contribution in [0.5, 0.6) is 0 Å². The normalized spacial score (nSPS) is 16.1. The molecule has 0 rings (SSSR count). The minimum Gasteiger partial charge on any atom is -0.608 e. The van der Waals surface area contributed by atoms with Crippen LogP contribution >= 0.6 is 0 Å². The van der Waals surface area contributed by atoms with Crippen LogP contribution in [0, 0.1) is 0 Å². The predicted molar refractivity (Wildman–Crippen MR) is 22.2 cm³/mol. The zero-order valence-corrected chi connectivity index (χ0v) is 4.47.